The van der Waals surface area contributed by atoms with Crippen molar-refractivity contribution >= 4 is 17.7 Å². The lowest BCUT2D eigenvalue weighted by Gasteiger charge is -2.07. The molecule has 0 spiro atoms. The van der Waals surface area contributed by atoms with Crippen molar-refractivity contribution in [2.45, 2.75) is 30.4 Å². The van der Waals surface area contributed by atoms with Crippen LogP contribution in [-0.4, -0.2) is 11.1 Å². The molecule has 0 fully saturated rings. The van der Waals surface area contributed by atoms with E-state index in [1.54, 1.807) is 11.8 Å². The highest BCUT2D eigenvalue weighted by atomic mass is 32.2. The summed E-state index contributed by atoms with van der Waals surface area (Å²) in [5.41, 5.74) is 1.93. The average Bonchev–Trinajstić information content (AvgIpc) is 2.45. The van der Waals surface area contributed by atoms with E-state index < -0.39 is 11.8 Å². The van der Waals surface area contributed by atoms with Gasteiger partial charge in [0.25, 0.3) is 0 Å². The van der Waals surface area contributed by atoms with Crippen LogP contribution in [0, 0.1) is 5.82 Å². The van der Waals surface area contributed by atoms with Crippen LogP contribution in [0.5, 0.6) is 0 Å². The number of hydrogen-bond donors (Lipinski definition) is 1. The van der Waals surface area contributed by atoms with Crippen LogP contribution in [0.2, 0.25) is 0 Å². The topological polar surface area (TPSA) is 37.3 Å². The number of carboxylic acids is 1. The smallest absolute Gasteiger partial charge is 0.335 e. The maximum Gasteiger partial charge on any atom is 0.335 e. The van der Waals surface area contributed by atoms with Crippen LogP contribution in [-0.2, 0) is 5.75 Å². The standard InChI is InChI=1S/C17H17FO2S/c1-11(2)13-3-5-16(6-4-13)21-10-12-7-14(17(19)20)9-15(18)8-12/h3-9,11H,10H2,1-2H3,(H,19,20). The molecule has 0 heterocycles. The Morgan fingerprint density at radius 3 is 2.43 bits per heavy atom. The Hall–Kier alpha value is -1.81. The molecule has 0 amide bonds. The Morgan fingerprint density at radius 2 is 1.86 bits per heavy atom. The number of thioether (sulfide) groups is 1. The Morgan fingerprint density at radius 1 is 1.19 bits per heavy atom. The third kappa shape index (κ3) is 4.33. The summed E-state index contributed by atoms with van der Waals surface area (Å²) in [6.45, 7) is 4.28. The van der Waals surface area contributed by atoms with Crippen molar-refractivity contribution in [2.75, 3.05) is 0 Å². The van der Waals surface area contributed by atoms with Crippen LogP contribution in [0.15, 0.2) is 47.4 Å². The SMILES string of the molecule is CC(C)c1ccc(SCc2cc(F)cc(C(=O)O)c2)cc1. The predicted octanol–water partition coefficient (Wildman–Crippen LogP) is 4.94. The normalized spacial score (nSPS) is 10.9. The number of aromatic carboxylic acids is 1. The Bertz CT molecular complexity index is 636. The van der Waals surface area contributed by atoms with E-state index in [0.29, 0.717) is 17.2 Å². The van der Waals surface area contributed by atoms with Crippen molar-refractivity contribution in [3.63, 3.8) is 0 Å². The maximum atomic E-state index is 13.4. The highest BCUT2D eigenvalue weighted by molar-refractivity contribution is 7.98. The van der Waals surface area contributed by atoms with Crippen molar-refractivity contribution in [3.05, 3.63) is 65.0 Å². The second-order valence-electron chi connectivity index (χ2n) is 5.17. The molecule has 0 radical (unpaired) electrons. The van der Waals surface area contributed by atoms with E-state index >= 15 is 0 Å². The number of hydrogen-bond acceptors (Lipinski definition) is 2. The van der Waals surface area contributed by atoms with Crippen molar-refractivity contribution < 1.29 is 14.3 Å². The van der Waals surface area contributed by atoms with Gasteiger partial charge in [-0.1, -0.05) is 26.0 Å². The average molecular weight is 304 g/mol. The first-order valence-corrected chi connectivity index (χ1v) is 7.70. The highest BCUT2D eigenvalue weighted by Crippen LogP contribution is 2.25. The summed E-state index contributed by atoms with van der Waals surface area (Å²) in [7, 11) is 0. The lowest BCUT2D eigenvalue weighted by atomic mass is 10.0. The summed E-state index contributed by atoms with van der Waals surface area (Å²) >= 11 is 1.56. The molecule has 2 aromatic carbocycles. The number of carbonyl (C=O) groups is 1. The molecule has 0 aliphatic heterocycles. The van der Waals surface area contributed by atoms with Crippen LogP contribution in [0.4, 0.5) is 4.39 Å². The molecule has 0 aliphatic carbocycles. The summed E-state index contributed by atoms with van der Waals surface area (Å²) < 4.78 is 13.4. The van der Waals surface area contributed by atoms with E-state index in [9.17, 15) is 9.18 Å². The van der Waals surface area contributed by atoms with Gasteiger partial charge >= 0.3 is 5.97 Å². The second kappa shape index (κ2) is 6.76. The van der Waals surface area contributed by atoms with E-state index in [1.807, 2.05) is 12.1 Å². The van der Waals surface area contributed by atoms with Crippen LogP contribution in [0.1, 0.15) is 41.3 Å². The zero-order chi connectivity index (χ0) is 15.4. The fourth-order valence-corrected chi connectivity index (χ4v) is 2.80. The fraction of sp³-hybridized carbons (Fsp3) is 0.235. The van der Waals surface area contributed by atoms with Gasteiger partial charge in [0.1, 0.15) is 5.82 Å². The van der Waals surface area contributed by atoms with Gasteiger partial charge in [-0.05, 0) is 47.4 Å². The molecule has 0 aliphatic rings. The quantitative estimate of drug-likeness (QED) is 0.795. The second-order valence-corrected chi connectivity index (χ2v) is 6.21. The minimum atomic E-state index is -1.11. The lowest BCUT2D eigenvalue weighted by Crippen LogP contribution is -1.98. The molecule has 21 heavy (non-hydrogen) atoms. The minimum absolute atomic E-state index is 0.0132. The molecule has 0 saturated carbocycles. The summed E-state index contributed by atoms with van der Waals surface area (Å²) in [6, 6.07) is 12.2. The first-order chi connectivity index (χ1) is 9.95. The van der Waals surface area contributed by atoms with Crippen molar-refractivity contribution in [3.8, 4) is 0 Å². The summed E-state index contributed by atoms with van der Waals surface area (Å²) in [5, 5.41) is 8.93. The molecule has 0 unspecified atom stereocenters. The van der Waals surface area contributed by atoms with Crippen molar-refractivity contribution in [2.24, 2.45) is 0 Å². The van der Waals surface area contributed by atoms with Crippen molar-refractivity contribution in [1.29, 1.82) is 0 Å². The fourth-order valence-electron chi connectivity index (χ4n) is 1.97. The zero-order valence-electron chi connectivity index (χ0n) is 12.0. The number of rotatable bonds is 5. The molecule has 0 bridgehead atoms. The molecule has 0 aromatic heterocycles. The Labute approximate surface area is 128 Å². The van der Waals surface area contributed by atoms with E-state index in [2.05, 4.69) is 26.0 Å². The molecule has 2 nitrogen and oxygen atoms in total. The van der Waals surface area contributed by atoms with Gasteiger partial charge in [-0.3, -0.25) is 0 Å². The van der Waals surface area contributed by atoms with E-state index in [0.717, 1.165) is 11.0 Å². The van der Waals surface area contributed by atoms with Gasteiger partial charge in [0.2, 0.25) is 0 Å². The third-order valence-corrected chi connectivity index (χ3v) is 4.24. The number of benzene rings is 2. The molecule has 2 rings (SSSR count). The summed E-state index contributed by atoms with van der Waals surface area (Å²) in [4.78, 5) is 12.0. The van der Waals surface area contributed by atoms with Gasteiger partial charge in [0, 0.05) is 10.6 Å². The molecular formula is C17H17FO2S. The van der Waals surface area contributed by atoms with Gasteiger partial charge in [0.05, 0.1) is 5.56 Å². The molecule has 4 heteroatoms. The van der Waals surface area contributed by atoms with Crippen LogP contribution in [0.25, 0.3) is 0 Å². The van der Waals surface area contributed by atoms with Gasteiger partial charge < -0.3 is 5.11 Å². The third-order valence-electron chi connectivity index (χ3n) is 3.16. The van der Waals surface area contributed by atoms with E-state index in [4.69, 9.17) is 5.11 Å². The summed E-state index contributed by atoms with van der Waals surface area (Å²) in [6.07, 6.45) is 0. The molecule has 1 N–H and O–H groups in total. The van der Waals surface area contributed by atoms with E-state index in [-0.39, 0.29) is 5.56 Å². The van der Waals surface area contributed by atoms with Crippen LogP contribution < -0.4 is 0 Å². The largest absolute Gasteiger partial charge is 0.478 e. The molecule has 110 valence electrons. The summed E-state index contributed by atoms with van der Waals surface area (Å²) in [5.74, 6) is -0.591. The first kappa shape index (κ1) is 15.6. The highest BCUT2D eigenvalue weighted by Gasteiger charge is 2.07. The first-order valence-electron chi connectivity index (χ1n) is 6.71. The number of carboxylic acid groups (broad SMARTS) is 1. The van der Waals surface area contributed by atoms with Gasteiger partial charge in [-0.2, -0.15) is 0 Å². The lowest BCUT2D eigenvalue weighted by molar-refractivity contribution is 0.0696. The Kier molecular flexibility index (Phi) is 5.02. The van der Waals surface area contributed by atoms with Gasteiger partial charge in [0.15, 0.2) is 0 Å². The van der Waals surface area contributed by atoms with Crippen LogP contribution >= 0.6 is 11.8 Å². The Balaban J connectivity index is 2.07. The van der Waals surface area contributed by atoms with Crippen molar-refractivity contribution in [1.82, 2.24) is 0 Å². The molecule has 0 saturated heterocycles. The van der Waals surface area contributed by atoms with Crippen LogP contribution in [0.3, 0.4) is 0 Å². The monoisotopic (exact) mass is 304 g/mol. The minimum Gasteiger partial charge on any atom is -0.478 e. The molecular weight excluding hydrogens is 287 g/mol. The molecule has 0 atom stereocenters. The number of halogens is 1. The van der Waals surface area contributed by atoms with Gasteiger partial charge in [-0.15, -0.1) is 11.8 Å². The zero-order valence-corrected chi connectivity index (χ0v) is 12.8. The predicted molar refractivity (Wildman–Crippen MR) is 83.5 cm³/mol. The van der Waals surface area contributed by atoms with Gasteiger partial charge in [-0.25, -0.2) is 9.18 Å². The molecule has 2 aromatic rings. The maximum absolute atomic E-state index is 13.4. The van der Waals surface area contributed by atoms with E-state index in [1.165, 1.54) is 17.7 Å².